The average molecular weight is 477 g/mol. The molecule has 4 aromatic rings. The minimum atomic E-state index is -3.43. The van der Waals surface area contributed by atoms with Crippen LogP contribution in [0.1, 0.15) is 24.5 Å². The summed E-state index contributed by atoms with van der Waals surface area (Å²) in [6.45, 7) is 2.36. The lowest BCUT2D eigenvalue weighted by Gasteiger charge is -2.23. The summed E-state index contributed by atoms with van der Waals surface area (Å²) < 4.78 is 26.6. The van der Waals surface area contributed by atoms with Crippen LogP contribution in [0.25, 0.3) is 10.9 Å². The van der Waals surface area contributed by atoms with Crippen LogP contribution in [0.2, 0.25) is 0 Å². The number of H-pyrrole nitrogens is 1. The van der Waals surface area contributed by atoms with Crippen LogP contribution in [0.3, 0.4) is 0 Å². The summed E-state index contributed by atoms with van der Waals surface area (Å²) in [7, 11) is -3.43. The van der Waals surface area contributed by atoms with Gasteiger partial charge in [-0.25, -0.2) is 13.4 Å². The zero-order valence-corrected chi connectivity index (χ0v) is 19.8. The van der Waals surface area contributed by atoms with E-state index in [1.165, 1.54) is 4.31 Å². The van der Waals surface area contributed by atoms with Crippen LogP contribution in [0.5, 0.6) is 5.88 Å². The quantitative estimate of drug-likeness (QED) is 0.308. The molecule has 0 saturated heterocycles. The summed E-state index contributed by atoms with van der Waals surface area (Å²) in [5.41, 5.74) is 9.72. The summed E-state index contributed by atoms with van der Waals surface area (Å²) in [5.74, 6) is 0.0533. The van der Waals surface area contributed by atoms with Crippen molar-refractivity contribution in [2.75, 3.05) is 23.1 Å². The van der Waals surface area contributed by atoms with Crippen molar-refractivity contribution in [2.24, 2.45) is 10.7 Å². The molecule has 7 nitrogen and oxygen atoms in total. The number of aromatic amines is 1. The molecule has 0 amide bonds. The Morgan fingerprint density at radius 1 is 1.00 bits per heavy atom. The number of nitrogens with zero attached hydrogens (tertiary/aromatic N) is 2. The van der Waals surface area contributed by atoms with Gasteiger partial charge in [-0.1, -0.05) is 48.5 Å². The third kappa shape index (κ3) is 4.83. The Kier molecular flexibility index (Phi) is 7.00. The number of aromatic nitrogens is 1. The molecule has 4 N–H and O–H groups in total. The maximum atomic E-state index is 12.6. The van der Waals surface area contributed by atoms with E-state index >= 15 is 0 Å². The van der Waals surface area contributed by atoms with E-state index in [0.29, 0.717) is 42.2 Å². The van der Waals surface area contributed by atoms with E-state index < -0.39 is 10.0 Å². The van der Waals surface area contributed by atoms with Crippen molar-refractivity contribution in [1.29, 1.82) is 0 Å². The molecule has 0 saturated carbocycles. The fourth-order valence-electron chi connectivity index (χ4n) is 3.87. The summed E-state index contributed by atoms with van der Waals surface area (Å²) in [6, 6.07) is 24.4. The highest BCUT2D eigenvalue weighted by molar-refractivity contribution is 7.92. The lowest BCUT2D eigenvalue weighted by atomic mass is 10.0. The van der Waals surface area contributed by atoms with Gasteiger partial charge in [0.25, 0.3) is 0 Å². The first kappa shape index (κ1) is 23.5. The molecule has 4 rings (SSSR count). The van der Waals surface area contributed by atoms with Crippen molar-refractivity contribution in [2.45, 2.75) is 13.3 Å². The number of fused-ring (bicyclic) bond motifs is 1. The second-order valence-corrected chi connectivity index (χ2v) is 10.0. The Hall–Kier alpha value is -3.62. The SMILES string of the molecule is CCS(=O)(=O)N(CCCN)c1ccc(N=C(c2ccccc2)c2c(O)[nH]c3ccccc23)cc1. The molecular formula is C26H28N4O3S. The van der Waals surface area contributed by atoms with E-state index in [1.807, 2.05) is 54.6 Å². The van der Waals surface area contributed by atoms with Crippen LogP contribution < -0.4 is 10.0 Å². The predicted molar refractivity (Wildman–Crippen MR) is 139 cm³/mol. The van der Waals surface area contributed by atoms with E-state index in [-0.39, 0.29) is 11.6 Å². The molecule has 34 heavy (non-hydrogen) atoms. The maximum Gasteiger partial charge on any atom is 0.234 e. The molecule has 0 aliphatic carbocycles. The molecular weight excluding hydrogens is 448 g/mol. The minimum Gasteiger partial charge on any atom is -0.494 e. The van der Waals surface area contributed by atoms with Gasteiger partial charge in [0.15, 0.2) is 5.88 Å². The molecule has 0 aliphatic heterocycles. The van der Waals surface area contributed by atoms with Crippen LogP contribution in [-0.4, -0.2) is 43.1 Å². The fourth-order valence-corrected chi connectivity index (χ4v) is 5.03. The first-order chi connectivity index (χ1) is 16.4. The molecule has 176 valence electrons. The molecule has 0 atom stereocenters. The highest BCUT2D eigenvalue weighted by Gasteiger charge is 2.21. The smallest absolute Gasteiger partial charge is 0.234 e. The van der Waals surface area contributed by atoms with Crippen molar-refractivity contribution < 1.29 is 13.5 Å². The van der Waals surface area contributed by atoms with E-state index in [0.717, 1.165) is 16.5 Å². The number of nitrogens with one attached hydrogen (secondary N) is 1. The first-order valence-corrected chi connectivity index (χ1v) is 12.8. The number of sulfonamides is 1. The van der Waals surface area contributed by atoms with Crippen LogP contribution in [0.4, 0.5) is 11.4 Å². The number of hydrogen-bond donors (Lipinski definition) is 3. The Bertz CT molecular complexity index is 1400. The van der Waals surface area contributed by atoms with E-state index in [4.69, 9.17) is 10.7 Å². The number of para-hydroxylation sites is 1. The van der Waals surface area contributed by atoms with Gasteiger partial charge in [0.1, 0.15) is 0 Å². The standard InChI is InChI=1S/C26H28N4O3S/c1-2-34(32,33)30(18-8-17-27)21-15-13-20(14-16-21)28-25(19-9-4-3-5-10-19)24-22-11-6-7-12-23(22)29-26(24)31/h3-7,9-16,29,31H,2,8,17-18,27H2,1H3. The largest absolute Gasteiger partial charge is 0.494 e. The lowest BCUT2D eigenvalue weighted by Crippen LogP contribution is -2.34. The second kappa shape index (κ2) is 10.1. The molecule has 0 unspecified atom stereocenters. The van der Waals surface area contributed by atoms with Gasteiger partial charge in [0.2, 0.25) is 10.0 Å². The number of nitrogens with two attached hydrogens (primary N) is 1. The first-order valence-electron chi connectivity index (χ1n) is 11.2. The van der Waals surface area contributed by atoms with Crippen molar-refractivity contribution in [3.8, 4) is 5.88 Å². The van der Waals surface area contributed by atoms with Crippen molar-refractivity contribution in [1.82, 2.24) is 4.98 Å². The Balaban J connectivity index is 1.79. The van der Waals surface area contributed by atoms with Gasteiger partial charge in [0, 0.05) is 23.0 Å². The van der Waals surface area contributed by atoms with Gasteiger partial charge >= 0.3 is 0 Å². The molecule has 0 fully saturated rings. The molecule has 3 aromatic carbocycles. The monoisotopic (exact) mass is 476 g/mol. The molecule has 0 bridgehead atoms. The lowest BCUT2D eigenvalue weighted by molar-refractivity contribution is 0.457. The van der Waals surface area contributed by atoms with E-state index in [9.17, 15) is 13.5 Å². The van der Waals surface area contributed by atoms with Crippen LogP contribution in [0, 0.1) is 0 Å². The average Bonchev–Trinajstić information content (AvgIpc) is 3.19. The summed E-state index contributed by atoms with van der Waals surface area (Å²) >= 11 is 0. The predicted octanol–water partition coefficient (Wildman–Crippen LogP) is 4.55. The van der Waals surface area contributed by atoms with E-state index in [1.54, 1.807) is 31.2 Å². The Morgan fingerprint density at radius 3 is 2.35 bits per heavy atom. The summed E-state index contributed by atoms with van der Waals surface area (Å²) in [5, 5.41) is 11.6. The number of benzene rings is 3. The molecule has 1 aromatic heterocycles. The Morgan fingerprint density at radius 2 is 1.68 bits per heavy atom. The highest BCUT2D eigenvalue weighted by atomic mass is 32.2. The summed E-state index contributed by atoms with van der Waals surface area (Å²) in [4.78, 5) is 7.90. The van der Waals surface area contributed by atoms with Gasteiger partial charge in [0.05, 0.1) is 28.4 Å². The molecule has 0 spiro atoms. The zero-order chi connectivity index (χ0) is 24.1. The molecule has 0 aliphatic rings. The maximum absolute atomic E-state index is 12.6. The minimum absolute atomic E-state index is 0.00940. The highest BCUT2D eigenvalue weighted by Crippen LogP contribution is 2.32. The van der Waals surface area contributed by atoms with Gasteiger partial charge in [-0.3, -0.25) is 4.31 Å². The third-order valence-electron chi connectivity index (χ3n) is 5.61. The van der Waals surface area contributed by atoms with Gasteiger partial charge in [-0.05, 0) is 50.2 Å². The van der Waals surface area contributed by atoms with Crippen molar-refractivity contribution >= 4 is 38.0 Å². The Labute approximate surface area is 199 Å². The third-order valence-corrected chi connectivity index (χ3v) is 7.41. The molecule has 8 heteroatoms. The number of aromatic hydroxyl groups is 1. The number of hydrogen-bond acceptors (Lipinski definition) is 5. The molecule has 1 heterocycles. The fraction of sp³-hybridized carbons (Fsp3) is 0.192. The summed E-state index contributed by atoms with van der Waals surface area (Å²) in [6.07, 6.45) is 0.567. The number of aliphatic imine (C=N–C) groups is 1. The number of anilines is 1. The van der Waals surface area contributed by atoms with E-state index in [2.05, 4.69) is 4.98 Å². The van der Waals surface area contributed by atoms with Crippen molar-refractivity contribution in [3.63, 3.8) is 0 Å². The zero-order valence-electron chi connectivity index (χ0n) is 19.0. The van der Waals surface area contributed by atoms with Crippen LogP contribution in [0.15, 0.2) is 83.9 Å². The van der Waals surface area contributed by atoms with Crippen LogP contribution in [-0.2, 0) is 10.0 Å². The van der Waals surface area contributed by atoms with Gasteiger partial charge < -0.3 is 15.8 Å². The van der Waals surface area contributed by atoms with Gasteiger partial charge in [-0.15, -0.1) is 0 Å². The van der Waals surface area contributed by atoms with Crippen LogP contribution >= 0.6 is 0 Å². The molecule has 0 radical (unpaired) electrons. The van der Waals surface area contributed by atoms with Gasteiger partial charge in [-0.2, -0.15) is 0 Å². The van der Waals surface area contributed by atoms with Crippen molar-refractivity contribution in [3.05, 3.63) is 90.0 Å². The second-order valence-electron chi connectivity index (χ2n) is 7.85. The normalized spacial score (nSPS) is 12.2. The topological polar surface area (TPSA) is 112 Å². The number of rotatable bonds is 9.